The molecule has 198 valence electrons. The second kappa shape index (κ2) is 9.25. The van der Waals surface area contributed by atoms with Crippen LogP contribution >= 0.6 is 0 Å². The summed E-state index contributed by atoms with van der Waals surface area (Å²) >= 11 is 0. The van der Waals surface area contributed by atoms with Gasteiger partial charge < -0.3 is 10.4 Å². The van der Waals surface area contributed by atoms with Crippen molar-refractivity contribution < 1.29 is 49.5 Å². The summed E-state index contributed by atoms with van der Waals surface area (Å²) < 4.78 is 105. The van der Waals surface area contributed by atoms with Gasteiger partial charge in [-0.25, -0.2) is 13.2 Å². The van der Waals surface area contributed by atoms with Crippen molar-refractivity contribution >= 4 is 27.5 Å². The molecule has 0 saturated carbocycles. The van der Waals surface area contributed by atoms with Crippen molar-refractivity contribution in [3.8, 4) is 6.07 Å². The molecule has 37 heavy (non-hydrogen) atoms. The number of hydrogen-bond donors (Lipinski definition) is 2. The number of carboxylic acid groups (broad SMARTS) is 1. The van der Waals surface area contributed by atoms with Gasteiger partial charge >= 0.3 is 18.4 Å². The van der Waals surface area contributed by atoms with E-state index < -0.39 is 57.6 Å². The van der Waals surface area contributed by atoms with Gasteiger partial charge in [0.05, 0.1) is 23.9 Å². The normalized spacial score (nSPS) is 16.2. The molecule has 2 aromatic rings. The zero-order valence-electron chi connectivity index (χ0n) is 18.7. The molecule has 2 amide bonds. The minimum atomic E-state index is -5.86. The molecule has 1 aliphatic rings. The molecular formula is C22H17F6N3O5S. The maximum Gasteiger partial charge on any atom is 0.408 e. The Morgan fingerprint density at radius 2 is 1.65 bits per heavy atom. The molecule has 1 atom stereocenters. The molecule has 0 radical (unpaired) electrons. The molecule has 1 unspecified atom stereocenters. The lowest BCUT2D eigenvalue weighted by Gasteiger charge is -2.36. The highest BCUT2D eigenvalue weighted by atomic mass is 32.2. The summed E-state index contributed by atoms with van der Waals surface area (Å²) in [6.45, 7) is -0.334. The van der Waals surface area contributed by atoms with E-state index in [0.29, 0.717) is 17.0 Å². The topological polar surface area (TPSA) is 128 Å². The molecule has 1 aliphatic heterocycles. The van der Waals surface area contributed by atoms with Gasteiger partial charge in [-0.15, -0.1) is 0 Å². The van der Waals surface area contributed by atoms with Gasteiger partial charge in [-0.2, -0.15) is 31.6 Å². The molecule has 1 heterocycles. The number of rotatable bonds is 5. The van der Waals surface area contributed by atoms with E-state index in [1.165, 1.54) is 18.2 Å². The zero-order valence-corrected chi connectivity index (χ0v) is 19.5. The first kappa shape index (κ1) is 27.8. The van der Waals surface area contributed by atoms with Crippen LogP contribution in [0.3, 0.4) is 0 Å². The van der Waals surface area contributed by atoms with Crippen LogP contribution in [0.5, 0.6) is 0 Å². The van der Waals surface area contributed by atoms with Gasteiger partial charge in [-0.3, -0.25) is 9.69 Å². The van der Waals surface area contributed by atoms with Crippen molar-refractivity contribution in [1.29, 1.82) is 5.26 Å². The third-order valence-electron chi connectivity index (χ3n) is 5.94. The van der Waals surface area contributed by atoms with Crippen molar-refractivity contribution in [2.24, 2.45) is 0 Å². The summed E-state index contributed by atoms with van der Waals surface area (Å²) in [4.78, 5) is 25.2. The first-order valence-corrected chi connectivity index (χ1v) is 12.1. The fraction of sp³-hybridized carbons (Fsp3) is 0.318. The number of anilines is 1. The molecule has 2 N–H and O–H groups in total. The Morgan fingerprint density at radius 3 is 2.11 bits per heavy atom. The number of nitriles is 1. The largest absolute Gasteiger partial charge is 0.465 e. The van der Waals surface area contributed by atoms with Crippen LogP contribution in [-0.2, 0) is 26.6 Å². The maximum absolute atomic E-state index is 13.6. The van der Waals surface area contributed by atoms with E-state index in [-0.39, 0.29) is 28.3 Å². The van der Waals surface area contributed by atoms with E-state index in [1.807, 2.05) is 0 Å². The number of amides is 2. The molecule has 15 heteroatoms. The number of alkyl halides is 6. The number of benzene rings is 2. The van der Waals surface area contributed by atoms with E-state index in [4.69, 9.17) is 5.26 Å². The average Bonchev–Trinajstić information content (AvgIpc) is 3.15. The number of halogens is 6. The van der Waals surface area contributed by atoms with Gasteiger partial charge in [-0.1, -0.05) is 18.2 Å². The highest BCUT2D eigenvalue weighted by Crippen LogP contribution is 2.54. The SMILES string of the molecule is CS(=O)(=O)c1ccc2c(c1)CN(C(=O)O)C2C(=O)Nc1ccc(C(CC#N)(C(F)(F)F)C(F)(F)F)cc1. The predicted molar refractivity (Wildman–Crippen MR) is 115 cm³/mol. The van der Waals surface area contributed by atoms with Gasteiger partial charge in [0.2, 0.25) is 0 Å². The lowest BCUT2D eigenvalue weighted by atomic mass is 9.76. The second-order valence-corrected chi connectivity index (χ2v) is 10.3. The summed E-state index contributed by atoms with van der Waals surface area (Å²) in [7, 11) is -3.64. The van der Waals surface area contributed by atoms with Crippen molar-refractivity contribution in [2.45, 2.75) is 41.7 Å². The number of carbonyl (C=O) groups excluding carboxylic acids is 1. The van der Waals surface area contributed by atoms with E-state index in [0.717, 1.165) is 24.5 Å². The first-order chi connectivity index (χ1) is 16.9. The Kier molecular flexibility index (Phi) is 6.95. The molecule has 0 saturated heterocycles. The number of sulfone groups is 1. The van der Waals surface area contributed by atoms with Gasteiger partial charge in [-0.05, 0) is 41.0 Å². The Labute approximate surface area is 206 Å². The summed E-state index contributed by atoms with van der Waals surface area (Å²) in [6.07, 6.45) is -14.2. The smallest absolute Gasteiger partial charge is 0.408 e. The summed E-state index contributed by atoms with van der Waals surface area (Å²) in [5.41, 5.74) is -5.57. The Bertz CT molecular complexity index is 1370. The number of nitrogens with one attached hydrogen (secondary N) is 1. The molecule has 0 aromatic heterocycles. The third-order valence-corrected chi connectivity index (χ3v) is 7.05. The molecule has 0 spiro atoms. The molecule has 3 rings (SSSR count). The van der Waals surface area contributed by atoms with E-state index >= 15 is 0 Å². The van der Waals surface area contributed by atoms with Crippen LogP contribution in [0.4, 0.5) is 36.8 Å². The van der Waals surface area contributed by atoms with Crippen molar-refractivity contribution in [1.82, 2.24) is 4.90 Å². The molecular weight excluding hydrogens is 532 g/mol. The summed E-state index contributed by atoms with van der Waals surface area (Å²) in [5, 5.41) is 20.5. The predicted octanol–water partition coefficient (Wildman–Crippen LogP) is 4.54. The molecule has 0 fully saturated rings. The molecule has 8 nitrogen and oxygen atoms in total. The highest BCUT2D eigenvalue weighted by Gasteiger charge is 2.71. The van der Waals surface area contributed by atoms with Crippen molar-refractivity contribution in [3.05, 3.63) is 59.2 Å². The Hall–Kier alpha value is -3.80. The van der Waals surface area contributed by atoms with E-state index in [1.54, 1.807) is 0 Å². The maximum atomic E-state index is 13.6. The van der Waals surface area contributed by atoms with E-state index in [9.17, 15) is 49.5 Å². The fourth-order valence-corrected chi connectivity index (χ4v) is 4.75. The van der Waals surface area contributed by atoms with Gasteiger partial charge in [0.1, 0.15) is 6.04 Å². The van der Waals surface area contributed by atoms with Crippen LogP contribution in [0, 0.1) is 11.3 Å². The fourth-order valence-electron chi connectivity index (χ4n) is 4.08. The summed E-state index contributed by atoms with van der Waals surface area (Å²) in [6, 6.07) is 5.60. The Balaban J connectivity index is 1.96. The van der Waals surface area contributed by atoms with E-state index in [2.05, 4.69) is 5.32 Å². The quantitative estimate of drug-likeness (QED) is 0.528. The molecule has 0 bridgehead atoms. The molecule has 0 aliphatic carbocycles. The van der Waals surface area contributed by atoms with Crippen LogP contribution in [0.25, 0.3) is 0 Å². The zero-order chi connectivity index (χ0) is 28.0. The lowest BCUT2D eigenvalue weighted by Crippen LogP contribution is -2.53. The minimum absolute atomic E-state index is 0.108. The highest BCUT2D eigenvalue weighted by molar-refractivity contribution is 7.90. The first-order valence-electron chi connectivity index (χ1n) is 10.2. The number of fused-ring (bicyclic) bond motifs is 1. The van der Waals surface area contributed by atoms with Crippen molar-refractivity contribution in [3.63, 3.8) is 0 Å². The van der Waals surface area contributed by atoms with Crippen molar-refractivity contribution in [2.75, 3.05) is 11.6 Å². The van der Waals surface area contributed by atoms with Crippen LogP contribution in [0.15, 0.2) is 47.4 Å². The van der Waals surface area contributed by atoms with Crippen LogP contribution in [0.2, 0.25) is 0 Å². The average molecular weight is 549 g/mol. The van der Waals surface area contributed by atoms with Crippen LogP contribution in [0.1, 0.15) is 29.2 Å². The van der Waals surface area contributed by atoms with Gasteiger partial charge in [0.15, 0.2) is 15.3 Å². The Morgan fingerprint density at radius 1 is 1.08 bits per heavy atom. The lowest BCUT2D eigenvalue weighted by molar-refractivity contribution is -0.302. The van der Waals surface area contributed by atoms with Crippen LogP contribution in [-0.4, -0.2) is 49.0 Å². The van der Waals surface area contributed by atoms with Gasteiger partial charge in [0, 0.05) is 11.9 Å². The standard InChI is InChI=1S/C22H17F6N3O5S/c1-37(35,36)15-6-7-16-12(10-15)11-31(19(33)34)17(16)18(32)30-14-4-2-13(3-5-14)20(8-9-29,21(23,24)25)22(26,27)28/h2-7,10,17H,8,11H2,1H3,(H,30,32)(H,33,34). The number of nitrogens with zero attached hydrogens (tertiary/aromatic N) is 2. The summed E-state index contributed by atoms with van der Waals surface area (Å²) in [5.74, 6) is -0.976. The number of hydrogen-bond acceptors (Lipinski definition) is 5. The van der Waals surface area contributed by atoms with Crippen LogP contribution < -0.4 is 5.32 Å². The van der Waals surface area contributed by atoms with Gasteiger partial charge in [0.25, 0.3) is 5.91 Å². The third kappa shape index (κ3) is 4.93. The monoisotopic (exact) mass is 549 g/mol. The minimum Gasteiger partial charge on any atom is -0.465 e. The number of carbonyl (C=O) groups is 2. The second-order valence-electron chi connectivity index (χ2n) is 8.25. The molecule has 2 aromatic carbocycles.